The summed E-state index contributed by atoms with van der Waals surface area (Å²) in [5.74, 6) is 1.76. The molecule has 0 bridgehead atoms. The third-order valence-electron chi connectivity index (χ3n) is 6.56. The lowest BCUT2D eigenvalue weighted by Gasteiger charge is -2.30. The number of aromatic nitrogens is 2. The van der Waals surface area contributed by atoms with Gasteiger partial charge < -0.3 is 15.4 Å². The number of aryl methyl sites for hydroxylation is 2. The van der Waals surface area contributed by atoms with Gasteiger partial charge in [-0.2, -0.15) is 0 Å². The lowest BCUT2D eigenvalue weighted by Crippen LogP contribution is -2.40. The summed E-state index contributed by atoms with van der Waals surface area (Å²) in [4.78, 5) is 22.2. The van der Waals surface area contributed by atoms with Gasteiger partial charge in [0.25, 0.3) is 5.91 Å². The molecule has 7 heteroatoms. The molecule has 2 N–H and O–H groups in total. The summed E-state index contributed by atoms with van der Waals surface area (Å²) in [7, 11) is 0. The monoisotopic (exact) mass is 502 g/mol. The predicted octanol–water partition coefficient (Wildman–Crippen LogP) is 6.61. The number of carbonyl (C=O) groups is 1. The van der Waals surface area contributed by atoms with Crippen molar-refractivity contribution < 1.29 is 9.53 Å². The first-order valence-corrected chi connectivity index (χ1v) is 12.2. The first kappa shape index (κ1) is 25.5. The molecule has 2 aromatic heterocycles. The Morgan fingerprint density at radius 1 is 0.917 bits per heavy atom. The Kier molecular flexibility index (Phi) is 8.06. The van der Waals surface area contributed by atoms with Crippen LogP contribution in [0, 0.1) is 13.8 Å². The molecule has 0 atom stereocenters. The van der Waals surface area contributed by atoms with Crippen molar-refractivity contribution in [3.05, 3.63) is 89.6 Å². The molecule has 6 nitrogen and oxygen atoms in total. The van der Waals surface area contributed by atoms with E-state index in [1.54, 1.807) is 18.3 Å². The highest BCUT2D eigenvalue weighted by atomic mass is 35.5. The normalized spacial score (nSPS) is 17.2. The summed E-state index contributed by atoms with van der Waals surface area (Å²) in [6.45, 7) is 4.12. The maximum absolute atomic E-state index is 13.1. The number of halogens is 1. The number of benzene rings is 2. The smallest absolute Gasteiger partial charge is 0.257 e. The average molecular weight is 503 g/mol. The Morgan fingerprint density at radius 3 is 2.50 bits per heavy atom. The first-order chi connectivity index (χ1) is 17.0. The van der Waals surface area contributed by atoms with Crippen molar-refractivity contribution in [3.8, 4) is 11.6 Å². The van der Waals surface area contributed by atoms with Crippen LogP contribution in [0.5, 0.6) is 11.6 Å². The number of hydrogen-bond donors (Lipinski definition) is 2. The first-order valence-electron chi connectivity index (χ1n) is 12.2. The van der Waals surface area contributed by atoms with Crippen LogP contribution in [0.25, 0.3) is 10.9 Å². The molecule has 36 heavy (non-hydrogen) atoms. The van der Waals surface area contributed by atoms with E-state index in [4.69, 9.17) is 9.72 Å². The molecular weight excluding hydrogens is 472 g/mol. The molecule has 0 spiro atoms. The molecule has 0 unspecified atom stereocenters. The van der Waals surface area contributed by atoms with Crippen LogP contribution in [0.2, 0.25) is 0 Å². The van der Waals surface area contributed by atoms with Crippen LogP contribution in [0.1, 0.15) is 47.2 Å². The van der Waals surface area contributed by atoms with Crippen LogP contribution in [-0.4, -0.2) is 28.0 Å². The summed E-state index contributed by atoms with van der Waals surface area (Å²) in [6, 6.07) is 22.0. The molecule has 4 aromatic rings. The van der Waals surface area contributed by atoms with Gasteiger partial charge in [-0.05, 0) is 87.1 Å². The van der Waals surface area contributed by atoms with Gasteiger partial charge in [0.15, 0.2) is 0 Å². The molecule has 0 radical (unpaired) electrons. The van der Waals surface area contributed by atoms with Crippen LogP contribution >= 0.6 is 12.4 Å². The number of fused-ring (bicyclic) bond motifs is 1. The number of ether oxygens (including phenoxy) is 1. The van der Waals surface area contributed by atoms with Gasteiger partial charge in [-0.25, -0.2) is 9.97 Å². The molecule has 1 fully saturated rings. The van der Waals surface area contributed by atoms with Crippen LogP contribution in [-0.2, 0) is 0 Å². The van der Waals surface area contributed by atoms with Gasteiger partial charge in [-0.15, -0.1) is 12.4 Å². The van der Waals surface area contributed by atoms with Crippen molar-refractivity contribution in [2.24, 2.45) is 0 Å². The Morgan fingerprint density at radius 2 is 1.69 bits per heavy atom. The maximum atomic E-state index is 13.1. The quantitative estimate of drug-likeness (QED) is 0.310. The van der Waals surface area contributed by atoms with Gasteiger partial charge in [0, 0.05) is 23.7 Å². The van der Waals surface area contributed by atoms with Crippen LogP contribution in [0.15, 0.2) is 72.9 Å². The van der Waals surface area contributed by atoms with Gasteiger partial charge in [-0.3, -0.25) is 4.79 Å². The van der Waals surface area contributed by atoms with Gasteiger partial charge in [0.2, 0.25) is 5.88 Å². The molecule has 1 aliphatic rings. The summed E-state index contributed by atoms with van der Waals surface area (Å²) in [5, 5.41) is 7.98. The molecule has 2 heterocycles. The highest BCUT2D eigenvalue weighted by Gasteiger charge is 2.24. The second-order valence-electron chi connectivity index (χ2n) is 9.28. The second-order valence-corrected chi connectivity index (χ2v) is 9.28. The van der Waals surface area contributed by atoms with Gasteiger partial charge >= 0.3 is 0 Å². The number of para-hydroxylation sites is 1. The predicted molar refractivity (Wildman–Crippen MR) is 146 cm³/mol. The highest BCUT2D eigenvalue weighted by Crippen LogP contribution is 2.27. The van der Waals surface area contributed by atoms with E-state index in [1.165, 1.54) is 10.9 Å². The maximum Gasteiger partial charge on any atom is 0.257 e. The lowest BCUT2D eigenvalue weighted by atomic mass is 9.91. The minimum atomic E-state index is -0.149. The molecule has 0 aliphatic heterocycles. The molecule has 0 saturated heterocycles. The van der Waals surface area contributed by atoms with Crippen molar-refractivity contribution in [2.75, 3.05) is 5.32 Å². The number of amides is 1. The number of nitrogens with one attached hydrogen (secondary N) is 2. The second kappa shape index (κ2) is 11.4. The molecule has 1 aliphatic carbocycles. The SMILES string of the molecule is Cc1cccc(Oc2ncccc2C(=O)N[C@H]2CC[C@@H](Nc3cc(C)c4ccccc4n3)CC2)c1.Cl. The van der Waals surface area contributed by atoms with Crippen molar-refractivity contribution in [3.63, 3.8) is 0 Å². The van der Waals surface area contributed by atoms with Gasteiger partial charge in [0.1, 0.15) is 17.1 Å². The van der Waals surface area contributed by atoms with Crippen molar-refractivity contribution in [1.82, 2.24) is 15.3 Å². The minimum absolute atomic E-state index is 0. The van der Waals surface area contributed by atoms with Crippen molar-refractivity contribution >= 4 is 35.0 Å². The van der Waals surface area contributed by atoms with Crippen LogP contribution in [0.3, 0.4) is 0 Å². The highest BCUT2D eigenvalue weighted by molar-refractivity contribution is 5.96. The summed E-state index contributed by atoms with van der Waals surface area (Å²) in [6.07, 6.45) is 5.40. The lowest BCUT2D eigenvalue weighted by molar-refractivity contribution is 0.0923. The molecular formula is C29H31ClN4O2. The average Bonchev–Trinajstić information content (AvgIpc) is 2.86. The van der Waals surface area contributed by atoms with Crippen molar-refractivity contribution in [1.29, 1.82) is 0 Å². The van der Waals surface area contributed by atoms with E-state index < -0.39 is 0 Å². The van der Waals surface area contributed by atoms with E-state index in [9.17, 15) is 4.79 Å². The fourth-order valence-corrected chi connectivity index (χ4v) is 4.71. The number of carbonyl (C=O) groups excluding carboxylic acids is 1. The number of anilines is 1. The Labute approximate surface area is 217 Å². The van der Waals surface area contributed by atoms with E-state index >= 15 is 0 Å². The zero-order chi connectivity index (χ0) is 24.2. The van der Waals surface area contributed by atoms with E-state index in [-0.39, 0.29) is 24.4 Å². The molecule has 186 valence electrons. The fourth-order valence-electron chi connectivity index (χ4n) is 4.71. The summed E-state index contributed by atoms with van der Waals surface area (Å²) >= 11 is 0. The number of rotatable bonds is 6. The third kappa shape index (κ3) is 5.94. The van der Waals surface area contributed by atoms with Crippen LogP contribution in [0.4, 0.5) is 5.82 Å². The summed E-state index contributed by atoms with van der Waals surface area (Å²) < 4.78 is 5.94. The number of nitrogens with zero attached hydrogens (tertiary/aromatic N) is 2. The molecule has 5 rings (SSSR count). The Balaban J connectivity index is 0.00000304. The van der Waals surface area contributed by atoms with Gasteiger partial charge in [0.05, 0.1) is 5.52 Å². The third-order valence-corrected chi connectivity index (χ3v) is 6.56. The van der Waals surface area contributed by atoms with E-state index in [0.717, 1.165) is 42.6 Å². The van der Waals surface area contributed by atoms with E-state index in [1.807, 2.05) is 43.3 Å². The number of pyridine rings is 2. The standard InChI is InChI=1S/C29H30N4O2.ClH/c1-19-7-5-8-23(17-19)35-29-25(10-6-16-30-29)28(34)32-22-14-12-21(13-15-22)31-27-18-20(2)24-9-3-4-11-26(24)33-27;/h3-11,16-18,21-22H,12-15H2,1-2H3,(H,31,33)(H,32,34);1H/t21-,22+;. The molecule has 2 aromatic carbocycles. The largest absolute Gasteiger partial charge is 0.438 e. The minimum Gasteiger partial charge on any atom is -0.438 e. The molecule has 1 amide bonds. The summed E-state index contributed by atoms with van der Waals surface area (Å²) in [5.41, 5.74) is 3.77. The number of hydrogen-bond acceptors (Lipinski definition) is 5. The van der Waals surface area contributed by atoms with Gasteiger partial charge in [-0.1, -0.05) is 30.3 Å². The Bertz CT molecular complexity index is 1350. The van der Waals surface area contributed by atoms with Crippen LogP contribution < -0.4 is 15.4 Å². The van der Waals surface area contributed by atoms with E-state index in [2.05, 4.69) is 40.7 Å². The molecule has 1 saturated carbocycles. The zero-order valence-corrected chi connectivity index (χ0v) is 21.3. The Hall–Kier alpha value is -3.64. The van der Waals surface area contributed by atoms with Crippen molar-refractivity contribution in [2.45, 2.75) is 51.6 Å². The topological polar surface area (TPSA) is 76.1 Å². The zero-order valence-electron chi connectivity index (χ0n) is 20.5. The van der Waals surface area contributed by atoms with E-state index in [0.29, 0.717) is 23.2 Å². The fraction of sp³-hybridized carbons (Fsp3) is 0.276.